The highest BCUT2D eigenvalue weighted by Gasteiger charge is 2.18. The average Bonchev–Trinajstić information content (AvgIpc) is 2.56. The molecule has 3 rings (SSSR count). The van der Waals surface area contributed by atoms with Gasteiger partial charge in [-0.15, -0.1) is 0 Å². The van der Waals surface area contributed by atoms with Crippen LogP contribution >= 0.6 is 0 Å². The van der Waals surface area contributed by atoms with Gasteiger partial charge in [-0.1, -0.05) is 25.3 Å². The second-order valence-electron chi connectivity index (χ2n) is 5.36. The number of hydrogen-bond donors (Lipinski definition) is 0. The lowest BCUT2D eigenvalue weighted by atomic mass is 9.96. The van der Waals surface area contributed by atoms with Crippen LogP contribution in [0.15, 0.2) is 41.4 Å². The first-order valence-corrected chi connectivity index (χ1v) is 7.55. The van der Waals surface area contributed by atoms with Crippen molar-refractivity contribution in [2.45, 2.75) is 38.1 Å². The maximum atomic E-state index is 12.5. The molecule has 1 aliphatic carbocycles. The minimum absolute atomic E-state index is 0.232. The monoisotopic (exact) mass is 288 g/mol. The van der Waals surface area contributed by atoms with E-state index >= 15 is 0 Å². The SMILES string of the molecule is O=C(C1=COCCO1)n1ccccc1=NC1CCCCC1. The molecule has 21 heavy (non-hydrogen) atoms. The molecular formula is C16H20N2O3. The van der Waals surface area contributed by atoms with Crippen LogP contribution < -0.4 is 5.49 Å². The standard InChI is InChI=1S/C16H20N2O3/c19-16(14-12-20-10-11-21-14)18-9-5-4-8-15(18)17-13-6-2-1-3-7-13/h4-5,8-9,12-13H,1-3,6-7,10-11H2. The van der Waals surface area contributed by atoms with Crippen LogP contribution in [0, 0.1) is 0 Å². The Balaban J connectivity index is 1.90. The lowest BCUT2D eigenvalue weighted by Crippen LogP contribution is -2.31. The summed E-state index contributed by atoms with van der Waals surface area (Å²) in [6, 6.07) is 5.91. The van der Waals surface area contributed by atoms with Crippen molar-refractivity contribution >= 4 is 5.91 Å². The van der Waals surface area contributed by atoms with Gasteiger partial charge in [0.2, 0.25) is 5.76 Å². The molecule has 0 spiro atoms. The lowest BCUT2D eigenvalue weighted by molar-refractivity contribution is 0.0592. The number of ether oxygens (including phenoxy) is 2. The number of carbonyl (C=O) groups is 1. The Hall–Kier alpha value is -2.04. The normalized spacial score (nSPS) is 20.4. The highest BCUT2D eigenvalue weighted by molar-refractivity contribution is 5.93. The molecule has 0 radical (unpaired) electrons. The van der Waals surface area contributed by atoms with Crippen molar-refractivity contribution in [2.75, 3.05) is 13.2 Å². The molecule has 0 bridgehead atoms. The van der Waals surface area contributed by atoms with Crippen LogP contribution in [0.1, 0.15) is 36.9 Å². The lowest BCUT2D eigenvalue weighted by Gasteiger charge is -2.18. The van der Waals surface area contributed by atoms with Gasteiger partial charge >= 0.3 is 5.91 Å². The smallest absolute Gasteiger partial charge is 0.301 e. The van der Waals surface area contributed by atoms with Gasteiger partial charge in [0.25, 0.3) is 0 Å². The fraction of sp³-hybridized carbons (Fsp3) is 0.500. The van der Waals surface area contributed by atoms with Gasteiger partial charge in [0.1, 0.15) is 25.0 Å². The molecule has 0 amide bonds. The first-order chi connectivity index (χ1) is 10.3. The number of allylic oxidation sites excluding steroid dienone is 1. The van der Waals surface area contributed by atoms with Crippen LogP contribution in [-0.4, -0.2) is 29.7 Å². The zero-order chi connectivity index (χ0) is 14.5. The number of carbonyl (C=O) groups excluding carboxylic acids is 1. The Bertz CT molecular complexity index is 598. The van der Waals surface area contributed by atoms with E-state index in [4.69, 9.17) is 14.5 Å². The Labute approximate surface area is 123 Å². The summed E-state index contributed by atoms with van der Waals surface area (Å²) >= 11 is 0. The summed E-state index contributed by atoms with van der Waals surface area (Å²) in [6.07, 6.45) is 9.04. The van der Waals surface area contributed by atoms with E-state index in [9.17, 15) is 4.79 Å². The highest BCUT2D eigenvalue weighted by Crippen LogP contribution is 2.19. The van der Waals surface area contributed by atoms with Crippen molar-refractivity contribution in [1.82, 2.24) is 4.57 Å². The van der Waals surface area contributed by atoms with E-state index in [0.717, 1.165) is 12.8 Å². The summed E-state index contributed by atoms with van der Waals surface area (Å²) in [7, 11) is 0. The van der Waals surface area contributed by atoms with E-state index in [-0.39, 0.29) is 11.7 Å². The van der Waals surface area contributed by atoms with E-state index in [0.29, 0.717) is 24.7 Å². The van der Waals surface area contributed by atoms with Gasteiger partial charge < -0.3 is 9.47 Å². The van der Waals surface area contributed by atoms with Crippen molar-refractivity contribution in [2.24, 2.45) is 4.99 Å². The van der Waals surface area contributed by atoms with Crippen LogP contribution in [0.3, 0.4) is 0 Å². The molecule has 1 fully saturated rings. The van der Waals surface area contributed by atoms with E-state index in [1.54, 1.807) is 6.20 Å². The van der Waals surface area contributed by atoms with Crippen molar-refractivity contribution < 1.29 is 14.3 Å². The largest absolute Gasteiger partial charge is 0.494 e. The fourth-order valence-electron chi connectivity index (χ4n) is 2.71. The van der Waals surface area contributed by atoms with E-state index in [2.05, 4.69) is 0 Å². The second-order valence-corrected chi connectivity index (χ2v) is 5.36. The van der Waals surface area contributed by atoms with Crippen LogP contribution in [-0.2, 0) is 9.47 Å². The van der Waals surface area contributed by atoms with Gasteiger partial charge in [0.15, 0.2) is 0 Å². The third kappa shape index (κ3) is 3.35. The molecule has 112 valence electrons. The molecule has 2 heterocycles. The summed E-state index contributed by atoms with van der Waals surface area (Å²) in [5.41, 5.74) is 0.685. The quantitative estimate of drug-likeness (QED) is 0.838. The van der Waals surface area contributed by atoms with Gasteiger partial charge in [0, 0.05) is 6.20 Å². The molecule has 5 nitrogen and oxygen atoms in total. The first kappa shape index (κ1) is 13.9. The Morgan fingerprint density at radius 3 is 2.81 bits per heavy atom. The molecule has 1 aromatic heterocycles. The van der Waals surface area contributed by atoms with E-state index in [1.165, 1.54) is 30.1 Å². The molecule has 0 N–H and O–H groups in total. The molecule has 5 heteroatoms. The molecular weight excluding hydrogens is 268 g/mol. The molecule has 0 atom stereocenters. The second kappa shape index (κ2) is 6.61. The van der Waals surface area contributed by atoms with E-state index in [1.807, 2.05) is 18.2 Å². The molecule has 1 aliphatic heterocycles. The predicted molar refractivity (Wildman–Crippen MR) is 77.5 cm³/mol. The van der Waals surface area contributed by atoms with Gasteiger partial charge in [-0.3, -0.25) is 14.4 Å². The minimum Gasteiger partial charge on any atom is -0.494 e. The maximum Gasteiger partial charge on any atom is 0.301 e. The first-order valence-electron chi connectivity index (χ1n) is 7.55. The number of hydrogen-bond acceptors (Lipinski definition) is 4. The number of rotatable bonds is 2. The van der Waals surface area contributed by atoms with E-state index < -0.39 is 0 Å². The average molecular weight is 288 g/mol. The van der Waals surface area contributed by atoms with Crippen molar-refractivity contribution in [3.63, 3.8) is 0 Å². The molecule has 2 aliphatic rings. The predicted octanol–water partition coefficient (Wildman–Crippen LogP) is 2.25. The zero-order valence-electron chi connectivity index (χ0n) is 12.0. The Morgan fingerprint density at radius 2 is 2.05 bits per heavy atom. The molecule has 0 saturated heterocycles. The van der Waals surface area contributed by atoms with Gasteiger partial charge in [-0.25, -0.2) is 0 Å². The Kier molecular flexibility index (Phi) is 4.38. The van der Waals surface area contributed by atoms with Crippen LogP contribution in [0.5, 0.6) is 0 Å². The zero-order valence-corrected chi connectivity index (χ0v) is 12.0. The topological polar surface area (TPSA) is 52.8 Å². The fourth-order valence-corrected chi connectivity index (χ4v) is 2.71. The third-order valence-corrected chi connectivity index (χ3v) is 3.81. The molecule has 0 unspecified atom stereocenters. The van der Waals surface area contributed by atoms with Crippen LogP contribution in [0.2, 0.25) is 0 Å². The summed E-state index contributed by atoms with van der Waals surface area (Å²) in [5, 5.41) is 0. The van der Waals surface area contributed by atoms with Crippen molar-refractivity contribution in [3.8, 4) is 0 Å². The van der Waals surface area contributed by atoms with Crippen molar-refractivity contribution in [3.05, 3.63) is 41.9 Å². The Morgan fingerprint density at radius 1 is 1.19 bits per heavy atom. The summed E-state index contributed by atoms with van der Waals surface area (Å²) in [5.74, 6) is 0.00223. The minimum atomic E-state index is -0.232. The number of aromatic nitrogens is 1. The van der Waals surface area contributed by atoms with Crippen LogP contribution in [0.25, 0.3) is 0 Å². The summed E-state index contributed by atoms with van der Waals surface area (Å²) in [4.78, 5) is 17.2. The highest BCUT2D eigenvalue weighted by atomic mass is 16.6. The summed E-state index contributed by atoms with van der Waals surface area (Å²) < 4.78 is 12.1. The molecule has 0 aromatic carbocycles. The third-order valence-electron chi connectivity index (χ3n) is 3.81. The summed E-state index contributed by atoms with van der Waals surface area (Å²) in [6.45, 7) is 0.885. The number of nitrogens with zero attached hydrogens (tertiary/aromatic N) is 2. The van der Waals surface area contributed by atoms with Gasteiger partial charge in [-0.2, -0.15) is 0 Å². The van der Waals surface area contributed by atoms with Gasteiger partial charge in [-0.05, 0) is 25.0 Å². The van der Waals surface area contributed by atoms with Crippen LogP contribution in [0.4, 0.5) is 0 Å². The van der Waals surface area contributed by atoms with Crippen molar-refractivity contribution in [1.29, 1.82) is 0 Å². The molecule has 1 saturated carbocycles. The molecule has 1 aromatic rings. The van der Waals surface area contributed by atoms with Gasteiger partial charge in [0.05, 0.1) is 6.04 Å². The number of pyridine rings is 1. The maximum absolute atomic E-state index is 12.5.